The topological polar surface area (TPSA) is 26.3 Å². The molecule has 0 bridgehead atoms. The molecule has 2 nitrogen and oxygen atoms in total. The zero-order valence-corrected chi connectivity index (χ0v) is 8.93. The summed E-state index contributed by atoms with van der Waals surface area (Å²) in [5, 5.41) is 0. The van der Waals surface area contributed by atoms with Gasteiger partial charge in [-0.3, -0.25) is 0 Å². The van der Waals surface area contributed by atoms with Crippen molar-refractivity contribution in [2.75, 3.05) is 0 Å². The van der Waals surface area contributed by atoms with Gasteiger partial charge in [0, 0.05) is 38.7 Å². The van der Waals surface area contributed by atoms with Gasteiger partial charge in [0.1, 0.15) is 0 Å². The van der Waals surface area contributed by atoms with Crippen molar-refractivity contribution in [1.82, 2.24) is 0 Å². The average molecular weight is 215 g/mol. The monoisotopic (exact) mass is 215 g/mol. The van der Waals surface area contributed by atoms with Gasteiger partial charge in [-0.1, -0.05) is 19.6 Å². The van der Waals surface area contributed by atoms with Crippen LogP contribution in [0.25, 0.3) is 0 Å². The van der Waals surface area contributed by atoms with Crippen LogP contribution < -0.4 is 0 Å². The summed E-state index contributed by atoms with van der Waals surface area (Å²) >= 11 is 0. The summed E-state index contributed by atoms with van der Waals surface area (Å²) in [5.74, 6) is -0.567. The molecule has 0 amide bonds. The summed E-state index contributed by atoms with van der Waals surface area (Å²) in [6, 6.07) is 0. The van der Waals surface area contributed by atoms with Gasteiger partial charge < -0.3 is 16.5 Å². The van der Waals surface area contributed by atoms with Gasteiger partial charge in [0.15, 0.2) is 0 Å². The first-order chi connectivity index (χ1) is 4.27. The Morgan fingerprint density at radius 3 is 2.80 bits per heavy atom. The SMILES string of the molecule is [CH2-]C(=O)O[C-]=CCCC.[Y]. The van der Waals surface area contributed by atoms with Crippen LogP contribution in [0.5, 0.6) is 0 Å². The van der Waals surface area contributed by atoms with Crippen LogP contribution in [-0.4, -0.2) is 5.97 Å². The van der Waals surface area contributed by atoms with Crippen molar-refractivity contribution in [3.8, 4) is 0 Å². The second-order valence-corrected chi connectivity index (χ2v) is 1.58. The normalized spacial score (nSPS) is 8.90. The molecule has 0 saturated carbocycles. The van der Waals surface area contributed by atoms with E-state index in [1.165, 1.54) is 0 Å². The molecule has 1 radical (unpaired) electrons. The minimum absolute atomic E-state index is 0. The van der Waals surface area contributed by atoms with Crippen molar-refractivity contribution in [3.05, 3.63) is 19.3 Å². The van der Waals surface area contributed by atoms with Gasteiger partial charge in [0.25, 0.3) is 0 Å². The third-order valence-corrected chi connectivity index (χ3v) is 0.689. The molecule has 55 valence electrons. The van der Waals surface area contributed by atoms with Gasteiger partial charge in [-0.05, 0) is 6.42 Å². The first kappa shape index (κ1) is 12.8. The van der Waals surface area contributed by atoms with Gasteiger partial charge in [-0.25, -0.2) is 0 Å². The predicted molar refractivity (Wildman–Crippen MR) is 34.2 cm³/mol. The van der Waals surface area contributed by atoms with Crippen molar-refractivity contribution in [2.45, 2.75) is 19.8 Å². The molecular formula is C7H10O2Y-2. The van der Waals surface area contributed by atoms with E-state index in [0.29, 0.717) is 0 Å². The number of hydrogen-bond acceptors (Lipinski definition) is 2. The molecule has 0 aromatic heterocycles. The molecule has 0 aliphatic rings. The largest absolute Gasteiger partial charge is 0.639 e. The maximum absolute atomic E-state index is 9.99. The van der Waals surface area contributed by atoms with E-state index in [-0.39, 0.29) is 32.7 Å². The fraction of sp³-hybridized carbons (Fsp3) is 0.429. The Hall–Kier alpha value is 0.184. The molecule has 0 aliphatic carbocycles. The summed E-state index contributed by atoms with van der Waals surface area (Å²) in [6.45, 7) is 5.02. The maximum Gasteiger partial charge on any atom is 0.00309 e. The molecule has 0 heterocycles. The zero-order valence-electron chi connectivity index (χ0n) is 6.09. The van der Waals surface area contributed by atoms with Crippen LogP contribution >= 0.6 is 0 Å². The number of allylic oxidation sites excluding steroid dienone is 1. The van der Waals surface area contributed by atoms with Crippen LogP contribution in [0.4, 0.5) is 0 Å². The summed E-state index contributed by atoms with van der Waals surface area (Å²) in [5.41, 5.74) is 0. The third kappa shape index (κ3) is 11.0. The molecule has 0 atom stereocenters. The molecule has 0 spiro atoms. The van der Waals surface area contributed by atoms with Crippen LogP contribution in [0.15, 0.2) is 6.08 Å². The van der Waals surface area contributed by atoms with Gasteiger partial charge >= 0.3 is 0 Å². The Morgan fingerprint density at radius 2 is 2.40 bits per heavy atom. The molecule has 0 unspecified atom stereocenters. The van der Waals surface area contributed by atoms with Crippen molar-refractivity contribution < 1.29 is 42.2 Å². The summed E-state index contributed by atoms with van der Waals surface area (Å²) < 4.78 is 4.29. The van der Waals surface area contributed by atoms with Gasteiger partial charge in [-0.15, -0.1) is 6.08 Å². The third-order valence-electron chi connectivity index (χ3n) is 0.689. The summed E-state index contributed by atoms with van der Waals surface area (Å²) in [4.78, 5) is 9.99. The summed E-state index contributed by atoms with van der Waals surface area (Å²) in [6.07, 6.45) is 5.93. The molecule has 0 rings (SSSR count). The molecule has 0 aromatic carbocycles. The average Bonchev–Trinajstić information content (AvgIpc) is 1.80. The van der Waals surface area contributed by atoms with Crippen molar-refractivity contribution in [1.29, 1.82) is 0 Å². The molecular weight excluding hydrogens is 205 g/mol. The molecule has 0 N–H and O–H groups in total. The van der Waals surface area contributed by atoms with Gasteiger partial charge in [-0.2, -0.15) is 0 Å². The maximum atomic E-state index is 9.99. The van der Waals surface area contributed by atoms with Crippen LogP contribution in [0.2, 0.25) is 0 Å². The molecule has 0 saturated heterocycles. The van der Waals surface area contributed by atoms with E-state index >= 15 is 0 Å². The van der Waals surface area contributed by atoms with Crippen LogP contribution in [0.1, 0.15) is 19.8 Å². The Kier molecular flexibility index (Phi) is 11.8. The molecule has 0 aromatic rings. The van der Waals surface area contributed by atoms with Crippen molar-refractivity contribution in [3.63, 3.8) is 0 Å². The Labute approximate surface area is 86.9 Å². The van der Waals surface area contributed by atoms with Gasteiger partial charge in [0.2, 0.25) is 0 Å². The number of carbonyl (C=O) groups excluding carboxylic acids is 1. The fourth-order valence-corrected chi connectivity index (χ4v) is 0.311. The van der Waals surface area contributed by atoms with Crippen LogP contribution in [-0.2, 0) is 42.2 Å². The Balaban J connectivity index is 0. The predicted octanol–water partition coefficient (Wildman–Crippen LogP) is 1.48. The van der Waals surface area contributed by atoms with Crippen molar-refractivity contribution >= 4 is 5.97 Å². The molecule has 3 heteroatoms. The zero-order chi connectivity index (χ0) is 7.11. The summed E-state index contributed by atoms with van der Waals surface area (Å²) in [7, 11) is 0. The van der Waals surface area contributed by atoms with E-state index in [0.717, 1.165) is 12.8 Å². The minimum atomic E-state index is -0.567. The van der Waals surface area contributed by atoms with Crippen LogP contribution in [0, 0.1) is 13.2 Å². The van der Waals surface area contributed by atoms with E-state index in [1.807, 2.05) is 6.92 Å². The Bertz CT molecular complexity index is 110. The molecule has 0 fully saturated rings. The fourth-order valence-electron chi connectivity index (χ4n) is 0.311. The first-order valence-electron chi connectivity index (χ1n) is 2.87. The number of unbranched alkanes of at least 4 members (excludes halogenated alkanes) is 1. The second kappa shape index (κ2) is 9.18. The second-order valence-electron chi connectivity index (χ2n) is 1.58. The smallest absolute Gasteiger partial charge is 0.00309 e. The Morgan fingerprint density at radius 1 is 1.80 bits per heavy atom. The number of ether oxygens (including phenoxy) is 1. The number of esters is 1. The standard InChI is InChI=1S/C7H10O2.Y/c1-3-4-5-6-9-7(2)8;/h5H,2-4H2,1H3;/q-2;. The quantitative estimate of drug-likeness (QED) is 0.405. The van der Waals surface area contributed by atoms with Crippen LogP contribution in [0.3, 0.4) is 0 Å². The van der Waals surface area contributed by atoms with E-state index in [2.05, 4.69) is 17.9 Å². The number of hydrogen-bond donors (Lipinski definition) is 0. The molecule has 0 aliphatic heterocycles. The number of rotatable bonds is 3. The van der Waals surface area contributed by atoms with E-state index in [4.69, 9.17) is 0 Å². The number of carbonyl (C=O) groups is 1. The van der Waals surface area contributed by atoms with Crippen molar-refractivity contribution in [2.24, 2.45) is 0 Å². The minimum Gasteiger partial charge on any atom is -0.639 e. The first-order valence-corrected chi connectivity index (χ1v) is 2.87. The van der Waals surface area contributed by atoms with E-state index in [1.54, 1.807) is 6.08 Å². The molecule has 10 heavy (non-hydrogen) atoms. The van der Waals surface area contributed by atoms with E-state index < -0.39 is 5.97 Å². The van der Waals surface area contributed by atoms with Gasteiger partial charge in [0.05, 0.1) is 0 Å². The van der Waals surface area contributed by atoms with E-state index in [9.17, 15) is 4.79 Å².